The van der Waals surface area contributed by atoms with Gasteiger partial charge in [-0.1, -0.05) is 6.07 Å². The first-order valence-corrected chi connectivity index (χ1v) is 7.22. The van der Waals surface area contributed by atoms with Crippen LogP contribution in [0.15, 0.2) is 35.5 Å². The molecule has 0 aliphatic carbocycles. The predicted molar refractivity (Wildman–Crippen MR) is 88.0 cm³/mol. The van der Waals surface area contributed by atoms with Gasteiger partial charge in [0.25, 0.3) is 5.56 Å². The zero-order chi connectivity index (χ0) is 16.8. The Morgan fingerprint density at radius 1 is 1.35 bits per heavy atom. The normalized spacial score (nSPS) is 10.2. The van der Waals surface area contributed by atoms with Crippen LogP contribution in [0.3, 0.4) is 0 Å². The Kier molecular flexibility index (Phi) is 5.35. The molecule has 0 saturated heterocycles. The third kappa shape index (κ3) is 4.32. The molecule has 0 atom stereocenters. The number of rotatable bonds is 5. The van der Waals surface area contributed by atoms with Crippen LogP contribution in [0, 0.1) is 13.8 Å². The van der Waals surface area contributed by atoms with E-state index in [2.05, 4.69) is 15.6 Å². The Bertz CT molecular complexity index is 755. The Labute approximate surface area is 134 Å². The second-order valence-corrected chi connectivity index (χ2v) is 5.16. The summed E-state index contributed by atoms with van der Waals surface area (Å²) in [7, 11) is 1.55. The molecule has 1 heterocycles. The maximum Gasteiger partial charge on any atom is 0.319 e. The van der Waals surface area contributed by atoms with Crippen molar-refractivity contribution in [3.05, 3.63) is 52.2 Å². The lowest BCUT2D eigenvalue weighted by molar-refractivity contribution is 0.251. The second-order valence-electron chi connectivity index (χ2n) is 5.16. The van der Waals surface area contributed by atoms with Gasteiger partial charge >= 0.3 is 6.03 Å². The molecule has 0 aliphatic rings. The lowest BCUT2D eigenvalue weighted by atomic mass is 10.2. The monoisotopic (exact) mass is 316 g/mol. The van der Waals surface area contributed by atoms with Crippen molar-refractivity contribution in [1.82, 2.24) is 14.9 Å². The van der Waals surface area contributed by atoms with Crippen molar-refractivity contribution in [3.8, 4) is 5.75 Å². The van der Waals surface area contributed by atoms with Gasteiger partial charge < -0.3 is 15.4 Å². The maximum absolute atomic E-state index is 12.0. The van der Waals surface area contributed by atoms with E-state index in [9.17, 15) is 9.59 Å². The zero-order valence-electron chi connectivity index (χ0n) is 13.4. The number of amides is 2. The number of carbonyl (C=O) groups excluding carboxylic acids is 1. The highest BCUT2D eigenvalue weighted by Crippen LogP contribution is 2.24. The minimum absolute atomic E-state index is 0.109. The third-order valence-electron chi connectivity index (χ3n) is 3.31. The molecule has 7 nitrogen and oxygen atoms in total. The number of hydrogen-bond donors (Lipinski definition) is 2. The summed E-state index contributed by atoms with van der Waals surface area (Å²) in [6.07, 6.45) is 2.97. The van der Waals surface area contributed by atoms with E-state index in [1.54, 1.807) is 20.1 Å². The lowest BCUT2D eigenvalue weighted by Gasteiger charge is -2.12. The molecule has 0 bridgehead atoms. The number of ether oxygens (including phenoxy) is 1. The van der Waals surface area contributed by atoms with Gasteiger partial charge in [-0.15, -0.1) is 0 Å². The molecule has 0 saturated carbocycles. The minimum Gasteiger partial charge on any atom is -0.495 e. The second kappa shape index (κ2) is 7.44. The lowest BCUT2D eigenvalue weighted by Crippen LogP contribution is -2.34. The van der Waals surface area contributed by atoms with E-state index in [1.807, 2.05) is 19.1 Å². The Balaban J connectivity index is 1.92. The Morgan fingerprint density at radius 2 is 2.13 bits per heavy atom. The number of carbonyl (C=O) groups is 1. The highest BCUT2D eigenvalue weighted by Gasteiger charge is 2.07. The van der Waals surface area contributed by atoms with Gasteiger partial charge in [0.15, 0.2) is 0 Å². The van der Waals surface area contributed by atoms with Crippen LogP contribution in [0.1, 0.15) is 11.1 Å². The predicted octanol–water partition coefficient (Wildman–Crippen LogP) is 1.69. The van der Waals surface area contributed by atoms with E-state index in [1.165, 1.54) is 17.1 Å². The number of nitrogens with one attached hydrogen (secondary N) is 2. The molecule has 2 amide bonds. The quantitative estimate of drug-likeness (QED) is 0.879. The molecule has 0 radical (unpaired) electrons. The fourth-order valence-electron chi connectivity index (χ4n) is 2.09. The van der Waals surface area contributed by atoms with Gasteiger partial charge in [0.1, 0.15) is 5.75 Å². The van der Waals surface area contributed by atoms with Crippen molar-refractivity contribution < 1.29 is 9.53 Å². The Hall–Kier alpha value is -2.83. The molecular formula is C16H20N4O3. The van der Waals surface area contributed by atoms with Crippen molar-refractivity contribution in [2.45, 2.75) is 20.4 Å². The van der Waals surface area contributed by atoms with Crippen LogP contribution >= 0.6 is 0 Å². The number of anilines is 1. The summed E-state index contributed by atoms with van der Waals surface area (Å²) in [5, 5.41) is 5.44. The number of aromatic nitrogens is 2. The van der Waals surface area contributed by atoms with Gasteiger partial charge in [-0.3, -0.25) is 9.36 Å². The average Bonchev–Trinajstić information content (AvgIpc) is 2.52. The summed E-state index contributed by atoms with van der Waals surface area (Å²) in [6, 6.07) is 5.16. The number of methoxy groups -OCH3 is 1. The first-order valence-electron chi connectivity index (χ1n) is 7.22. The molecule has 122 valence electrons. The summed E-state index contributed by atoms with van der Waals surface area (Å²) in [5.41, 5.74) is 2.07. The molecule has 2 N–H and O–H groups in total. The van der Waals surface area contributed by atoms with E-state index in [0.717, 1.165) is 5.56 Å². The SMILES string of the molecule is COc1ccc(C)cc1NC(=O)NCCn1cncc(C)c1=O. The molecule has 0 unspecified atom stereocenters. The summed E-state index contributed by atoms with van der Waals surface area (Å²) in [4.78, 5) is 27.7. The fourth-order valence-corrected chi connectivity index (χ4v) is 2.09. The van der Waals surface area contributed by atoms with Gasteiger partial charge in [-0.2, -0.15) is 0 Å². The van der Waals surface area contributed by atoms with Gasteiger partial charge in [0.05, 0.1) is 19.1 Å². The highest BCUT2D eigenvalue weighted by atomic mass is 16.5. The minimum atomic E-state index is -0.359. The Morgan fingerprint density at radius 3 is 2.87 bits per heavy atom. The number of benzene rings is 1. The van der Waals surface area contributed by atoms with Gasteiger partial charge in [-0.25, -0.2) is 9.78 Å². The number of nitrogens with zero attached hydrogens (tertiary/aromatic N) is 2. The summed E-state index contributed by atoms with van der Waals surface area (Å²) >= 11 is 0. The smallest absolute Gasteiger partial charge is 0.319 e. The van der Waals surface area contributed by atoms with E-state index in [-0.39, 0.29) is 11.6 Å². The molecular weight excluding hydrogens is 296 g/mol. The molecule has 23 heavy (non-hydrogen) atoms. The highest BCUT2D eigenvalue weighted by molar-refractivity contribution is 5.91. The van der Waals surface area contributed by atoms with E-state index in [0.29, 0.717) is 30.1 Å². The van der Waals surface area contributed by atoms with Crippen molar-refractivity contribution in [2.75, 3.05) is 19.0 Å². The van der Waals surface area contributed by atoms with Crippen LogP contribution in [0.2, 0.25) is 0 Å². The zero-order valence-corrected chi connectivity index (χ0v) is 13.4. The number of hydrogen-bond acceptors (Lipinski definition) is 4. The van der Waals surface area contributed by atoms with Crippen LogP contribution in [-0.4, -0.2) is 29.2 Å². The number of aryl methyl sites for hydroxylation is 2. The first-order chi connectivity index (χ1) is 11.0. The molecule has 1 aromatic carbocycles. The molecule has 0 aliphatic heterocycles. The van der Waals surface area contributed by atoms with Crippen LogP contribution in [0.5, 0.6) is 5.75 Å². The van der Waals surface area contributed by atoms with Crippen LogP contribution in [0.4, 0.5) is 10.5 Å². The largest absolute Gasteiger partial charge is 0.495 e. The van der Waals surface area contributed by atoms with Crippen LogP contribution in [0.25, 0.3) is 0 Å². The van der Waals surface area contributed by atoms with E-state index in [4.69, 9.17) is 4.74 Å². The maximum atomic E-state index is 12.0. The molecule has 0 spiro atoms. The molecule has 0 fully saturated rings. The standard InChI is InChI=1S/C16H20N4O3/c1-11-4-5-14(23-3)13(8-11)19-16(22)18-6-7-20-10-17-9-12(2)15(20)21/h4-5,8-10H,6-7H2,1-3H3,(H2,18,19,22). The van der Waals surface area contributed by atoms with Crippen LogP contribution in [-0.2, 0) is 6.54 Å². The topological polar surface area (TPSA) is 85.2 Å². The van der Waals surface area contributed by atoms with Gasteiger partial charge in [0.2, 0.25) is 0 Å². The van der Waals surface area contributed by atoms with Crippen molar-refractivity contribution in [3.63, 3.8) is 0 Å². The average molecular weight is 316 g/mol. The summed E-state index contributed by atoms with van der Waals surface area (Å²) < 4.78 is 6.67. The van der Waals surface area contributed by atoms with E-state index >= 15 is 0 Å². The molecule has 7 heteroatoms. The first kappa shape index (κ1) is 16.5. The summed E-state index contributed by atoms with van der Waals surface area (Å²) in [5.74, 6) is 0.588. The molecule has 1 aromatic heterocycles. The van der Waals surface area contributed by atoms with Crippen molar-refractivity contribution >= 4 is 11.7 Å². The third-order valence-corrected chi connectivity index (χ3v) is 3.31. The van der Waals surface area contributed by atoms with Crippen molar-refractivity contribution in [2.24, 2.45) is 0 Å². The summed E-state index contributed by atoms with van der Waals surface area (Å²) in [6.45, 7) is 4.30. The van der Waals surface area contributed by atoms with E-state index < -0.39 is 0 Å². The fraction of sp³-hybridized carbons (Fsp3) is 0.312. The number of urea groups is 1. The van der Waals surface area contributed by atoms with Gasteiger partial charge in [0, 0.05) is 24.8 Å². The molecule has 2 aromatic rings. The molecule has 2 rings (SSSR count). The van der Waals surface area contributed by atoms with Crippen LogP contribution < -0.4 is 20.9 Å². The van der Waals surface area contributed by atoms with Crippen molar-refractivity contribution in [1.29, 1.82) is 0 Å². The van der Waals surface area contributed by atoms with Gasteiger partial charge in [-0.05, 0) is 31.5 Å².